The molecule has 2 amide bonds. The van der Waals surface area contributed by atoms with E-state index >= 15 is 0 Å². The summed E-state index contributed by atoms with van der Waals surface area (Å²) in [6.45, 7) is 4.18. The van der Waals surface area contributed by atoms with E-state index in [1.54, 1.807) is 6.92 Å². The van der Waals surface area contributed by atoms with E-state index in [4.69, 9.17) is 4.74 Å². The molecule has 0 radical (unpaired) electrons. The van der Waals surface area contributed by atoms with Crippen molar-refractivity contribution < 1.29 is 19.1 Å². The predicted molar refractivity (Wildman–Crippen MR) is 116 cm³/mol. The summed E-state index contributed by atoms with van der Waals surface area (Å²) in [5, 5.41) is 2.99. The maximum Gasteiger partial charge on any atom is 0.339 e. The first-order valence-corrected chi connectivity index (χ1v) is 10.9. The van der Waals surface area contributed by atoms with Crippen LogP contribution in [-0.4, -0.2) is 46.9 Å². The Kier molecular flexibility index (Phi) is 5.85. The second kappa shape index (κ2) is 8.57. The second-order valence-corrected chi connectivity index (χ2v) is 8.43. The van der Waals surface area contributed by atoms with Crippen LogP contribution >= 0.6 is 0 Å². The summed E-state index contributed by atoms with van der Waals surface area (Å²) >= 11 is 0. The van der Waals surface area contributed by atoms with Crippen LogP contribution in [-0.2, 0) is 17.7 Å². The number of carbonyl (C=O) groups excluding carboxylic acids is 3. The molecule has 164 valence electrons. The fourth-order valence-corrected chi connectivity index (χ4v) is 3.87. The lowest BCUT2D eigenvalue weighted by Gasteiger charge is -2.22. The van der Waals surface area contributed by atoms with E-state index < -0.39 is 5.97 Å². The number of aromatic amines is 1. The highest BCUT2D eigenvalue weighted by Crippen LogP contribution is 2.31. The number of carbonyl (C=O) groups is 3. The molecular weight excluding hydrogens is 394 g/mol. The van der Waals surface area contributed by atoms with Crippen molar-refractivity contribution in [2.24, 2.45) is 0 Å². The van der Waals surface area contributed by atoms with E-state index in [9.17, 15) is 14.4 Å². The molecule has 1 heterocycles. The van der Waals surface area contributed by atoms with Crippen LogP contribution in [0.25, 0.3) is 0 Å². The summed E-state index contributed by atoms with van der Waals surface area (Å²) in [7, 11) is 1.35. The van der Waals surface area contributed by atoms with Gasteiger partial charge in [-0.2, -0.15) is 0 Å². The third-order valence-electron chi connectivity index (χ3n) is 6.01. The number of hydrogen-bond acceptors (Lipinski definition) is 4. The lowest BCUT2D eigenvalue weighted by Crippen LogP contribution is -2.33. The molecule has 1 aromatic carbocycles. The van der Waals surface area contributed by atoms with Crippen LogP contribution in [0.3, 0.4) is 0 Å². The van der Waals surface area contributed by atoms with Crippen molar-refractivity contribution in [2.75, 3.05) is 7.11 Å². The first-order valence-electron chi connectivity index (χ1n) is 10.9. The molecule has 0 unspecified atom stereocenters. The van der Waals surface area contributed by atoms with Gasteiger partial charge in [-0.15, -0.1) is 0 Å². The van der Waals surface area contributed by atoms with E-state index in [0.717, 1.165) is 36.9 Å². The van der Waals surface area contributed by atoms with E-state index in [-0.39, 0.29) is 17.9 Å². The van der Waals surface area contributed by atoms with Crippen molar-refractivity contribution >= 4 is 17.8 Å². The average Bonchev–Trinajstić information content (AvgIpc) is 3.70. The molecule has 0 bridgehead atoms. The Morgan fingerprint density at radius 3 is 2.35 bits per heavy atom. The van der Waals surface area contributed by atoms with Crippen molar-refractivity contribution in [3.63, 3.8) is 0 Å². The number of rotatable bonds is 8. The highest BCUT2D eigenvalue weighted by atomic mass is 16.5. The minimum atomic E-state index is -0.428. The van der Waals surface area contributed by atoms with Gasteiger partial charge in [0.1, 0.15) is 5.69 Å². The molecule has 2 aliphatic rings. The molecule has 2 aliphatic carbocycles. The lowest BCUT2D eigenvalue weighted by molar-refractivity contribution is 0.0598. The van der Waals surface area contributed by atoms with Crippen molar-refractivity contribution in [2.45, 2.75) is 64.6 Å². The van der Waals surface area contributed by atoms with Gasteiger partial charge in [-0.25, -0.2) is 4.79 Å². The van der Waals surface area contributed by atoms with Gasteiger partial charge in [-0.05, 0) is 62.3 Å². The Labute approximate surface area is 182 Å². The van der Waals surface area contributed by atoms with Crippen LogP contribution in [0.1, 0.15) is 80.6 Å². The van der Waals surface area contributed by atoms with Gasteiger partial charge < -0.3 is 19.9 Å². The summed E-state index contributed by atoms with van der Waals surface area (Å²) in [4.78, 5) is 42.9. The number of ether oxygens (including phenoxy) is 1. The van der Waals surface area contributed by atoms with Gasteiger partial charge in [0, 0.05) is 29.9 Å². The van der Waals surface area contributed by atoms with Crippen LogP contribution in [0.4, 0.5) is 0 Å². The van der Waals surface area contributed by atoms with Gasteiger partial charge in [0.15, 0.2) is 0 Å². The number of nitrogens with one attached hydrogen (secondary N) is 2. The Balaban J connectivity index is 1.53. The van der Waals surface area contributed by atoms with Gasteiger partial charge in [0.2, 0.25) is 0 Å². The largest absolute Gasteiger partial charge is 0.465 e. The molecular formula is C24H29N3O4. The lowest BCUT2D eigenvalue weighted by atomic mass is 10.1. The zero-order chi connectivity index (χ0) is 22.1. The van der Waals surface area contributed by atoms with Crippen LogP contribution < -0.4 is 5.32 Å². The Bertz CT molecular complexity index is 1000. The summed E-state index contributed by atoms with van der Waals surface area (Å²) in [5.41, 5.74) is 3.85. The number of esters is 1. The summed E-state index contributed by atoms with van der Waals surface area (Å²) in [5.74, 6) is -0.586. The molecule has 7 heteroatoms. The second-order valence-electron chi connectivity index (χ2n) is 8.43. The number of amides is 2. The Morgan fingerprint density at radius 2 is 1.81 bits per heavy atom. The first-order chi connectivity index (χ1) is 14.9. The third kappa shape index (κ3) is 4.50. The van der Waals surface area contributed by atoms with E-state index in [1.807, 2.05) is 36.1 Å². The Morgan fingerprint density at radius 1 is 1.13 bits per heavy atom. The quantitative estimate of drug-likeness (QED) is 0.637. The number of aromatic nitrogens is 1. The van der Waals surface area contributed by atoms with Crippen LogP contribution in [0.15, 0.2) is 24.3 Å². The van der Waals surface area contributed by atoms with Gasteiger partial charge in [-0.1, -0.05) is 19.1 Å². The molecule has 1 aromatic heterocycles. The summed E-state index contributed by atoms with van der Waals surface area (Å²) in [6, 6.07) is 7.95. The molecule has 4 rings (SSSR count). The van der Waals surface area contributed by atoms with Gasteiger partial charge in [0.25, 0.3) is 11.8 Å². The SMILES string of the molecule is CCc1[nH]c(C(=O)N(Cc2ccc(C(=O)NC3CC3)cc2)C2CC2)c(C)c1C(=O)OC. The van der Waals surface area contributed by atoms with E-state index in [1.165, 1.54) is 7.11 Å². The molecule has 0 aliphatic heterocycles. The van der Waals surface area contributed by atoms with Crippen LogP contribution in [0.2, 0.25) is 0 Å². The standard InChI is InChI=1S/C24H29N3O4/c1-4-19-20(24(30)31-3)14(2)21(26-19)23(29)27(18-11-12-18)13-15-5-7-16(8-6-15)22(28)25-17-9-10-17/h5-8,17-18,26H,4,9-13H2,1-3H3,(H,25,28). The molecule has 2 N–H and O–H groups in total. The highest BCUT2D eigenvalue weighted by Gasteiger charge is 2.35. The highest BCUT2D eigenvalue weighted by molar-refractivity contribution is 6.00. The van der Waals surface area contributed by atoms with E-state index in [2.05, 4.69) is 10.3 Å². The number of nitrogens with zero attached hydrogens (tertiary/aromatic N) is 1. The zero-order valence-corrected chi connectivity index (χ0v) is 18.3. The number of hydrogen-bond donors (Lipinski definition) is 2. The minimum Gasteiger partial charge on any atom is -0.465 e. The number of H-pyrrole nitrogens is 1. The molecule has 0 saturated heterocycles. The fourth-order valence-electron chi connectivity index (χ4n) is 3.87. The smallest absolute Gasteiger partial charge is 0.339 e. The molecule has 2 saturated carbocycles. The molecule has 7 nitrogen and oxygen atoms in total. The topological polar surface area (TPSA) is 91.5 Å². The maximum atomic E-state index is 13.4. The predicted octanol–water partition coefficient (Wildman–Crippen LogP) is 3.37. The normalized spacial score (nSPS) is 15.5. The van der Waals surface area contributed by atoms with Gasteiger partial charge in [-0.3, -0.25) is 9.59 Å². The van der Waals surface area contributed by atoms with E-state index in [0.29, 0.717) is 41.4 Å². The maximum absolute atomic E-state index is 13.4. The summed E-state index contributed by atoms with van der Waals surface area (Å²) in [6.07, 6.45) is 4.65. The van der Waals surface area contributed by atoms with Crippen molar-refractivity contribution in [3.05, 3.63) is 57.9 Å². The number of aryl methyl sites for hydroxylation is 1. The summed E-state index contributed by atoms with van der Waals surface area (Å²) < 4.78 is 4.91. The monoisotopic (exact) mass is 423 g/mol. The number of methoxy groups -OCH3 is 1. The van der Waals surface area contributed by atoms with Gasteiger partial charge >= 0.3 is 5.97 Å². The van der Waals surface area contributed by atoms with Gasteiger partial charge in [0.05, 0.1) is 12.7 Å². The molecule has 2 fully saturated rings. The average molecular weight is 424 g/mol. The number of benzene rings is 1. The first kappa shape index (κ1) is 21.2. The Hall–Kier alpha value is -3.09. The minimum absolute atomic E-state index is 0.0476. The third-order valence-corrected chi connectivity index (χ3v) is 6.01. The van der Waals surface area contributed by atoms with Crippen molar-refractivity contribution in [1.29, 1.82) is 0 Å². The fraction of sp³-hybridized carbons (Fsp3) is 0.458. The zero-order valence-electron chi connectivity index (χ0n) is 18.3. The van der Waals surface area contributed by atoms with Crippen LogP contribution in [0, 0.1) is 6.92 Å². The molecule has 31 heavy (non-hydrogen) atoms. The van der Waals surface area contributed by atoms with Crippen molar-refractivity contribution in [1.82, 2.24) is 15.2 Å². The molecule has 0 atom stereocenters. The van der Waals surface area contributed by atoms with Crippen LogP contribution in [0.5, 0.6) is 0 Å². The molecule has 2 aromatic rings. The van der Waals surface area contributed by atoms with Crippen molar-refractivity contribution in [3.8, 4) is 0 Å². The molecule has 0 spiro atoms.